The molecule has 0 radical (unpaired) electrons. The van der Waals surface area contributed by atoms with Crippen molar-refractivity contribution in [2.24, 2.45) is 0 Å². The van der Waals surface area contributed by atoms with Crippen molar-refractivity contribution in [2.75, 3.05) is 0 Å². The molecule has 0 fully saturated rings. The minimum Gasteiger partial charge on any atom is -2.00 e. The van der Waals surface area contributed by atoms with Crippen molar-refractivity contribution in [2.45, 2.75) is 0 Å². The molecule has 0 aliphatic heterocycles. The van der Waals surface area contributed by atoms with E-state index in [0.29, 0.717) is 0 Å². The molecule has 0 rings (SSSR count). The van der Waals surface area contributed by atoms with Crippen LogP contribution >= 0.6 is 0 Å². The van der Waals surface area contributed by atoms with Crippen molar-refractivity contribution in [3.63, 3.8) is 0 Å². The number of hydrogen-bond donors (Lipinski definition) is 0. The first-order valence-corrected chi connectivity index (χ1v) is 0. The van der Waals surface area contributed by atoms with Gasteiger partial charge in [-0.25, -0.2) is 0 Å². The summed E-state index contributed by atoms with van der Waals surface area (Å²) in [5.41, 5.74) is 0. The zero-order valence-corrected chi connectivity index (χ0v) is 10.4. The standard InChI is InChI=1S/La.3O.Ti.Zr/q+3;3*-2;2*+4. The molecular weight excluding hydrogens is 326 g/mol. The van der Waals surface area contributed by atoms with Gasteiger partial charge in [-0.1, -0.05) is 0 Å². The number of hydrogen-bond acceptors (Lipinski definition) is 0. The Kier molecular flexibility index (Phi) is 570. The minimum absolute atomic E-state index is 0. The molecule has 6 heavy (non-hydrogen) atoms. The third kappa shape index (κ3) is 30.1. The summed E-state index contributed by atoms with van der Waals surface area (Å²) >= 11 is 0. The Morgan fingerprint density at radius 2 is 0.667 bits per heavy atom. The van der Waals surface area contributed by atoms with Crippen molar-refractivity contribution in [1.82, 2.24) is 0 Å². The van der Waals surface area contributed by atoms with Crippen LogP contribution < -0.4 is 0 Å². The molecule has 6 heteroatoms. The van der Waals surface area contributed by atoms with Gasteiger partial charge in [0.25, 0.3) is 0 Å². The van der Waals surface area contributed by atoms with Crippen molar-refractivity contribution in [3.05, 3.63) is 0 Å². The monoisotopic (exact) mass is 325 g/mol. The van der Waals surface area contributed by atoms with Crippen LogP contribution in [-0.2, 0) is 64.3 Å². The predicted octanol–water partition coefficient (Wildman–Crippen LogP) is -0.361. The second-order valence-corrected chi connectivity index (χ2v) is 0. The molecule has 0 aromatic rings. The maximum Gasteiger partial charge on any atom is 4.00 e. The Balaban J connectivity index is 0. The van der Waals surface area contributed by atoms with Gasteiger partial charge in [-0.05, 0) is 0 Å². The summed E-state index contributed by atoms with van der Waals surface area (Å²) in [5, 5.41) is 0. The summed E-state index contributed by atoms with van der Waals surface area (Å²) in [6, 6.07) is 0. The molecule has 0 saturated carbocycles. The Labute approximate surface area is 98.2 Å². The van der Waals surface area contributed by atoms with Gasteiger partial charge in [-0.15, -0.1) is 0 Å². The first-order chi connectivity index (χ1) is 0. The van der Waals surface area contributed by atoms with Crippen LogP contribution in [0.5, 0.6) is 0 Å². The van der Waals surface area contributed by atoms with Crippen LogP contribution in [0.2, 0.25) is 0 Å². The third-order valence-electron chi connectivity index (χ3n) is 0. The van der Waals surface area contributed by atoms with E-state index in [1.54, 1.807) is 0 Å². The molecule has 0 aliphatic rings. The van der Waals surface area contributed by atoms with E-state index >= 15 is 0 Å². The van der Waals surface area contributed by atoms with Crippen LogP contribution in [0.1, 0.15) is 0 Å². The van der Waals surface area contributed by atoms with E-state index in [1.165, 1.54) is 0 Å². The zero-order valence-electron chi connectivity index (χ0n) is 2.80. The van der Waals surface area contributed by atoms with Crippen LogP contribution in [0.15, 0.2) is 0 Å². The van der Waals surface area contributed by atoms with E-state index in [1.807, 2.05) is 0 Å². The summed E-state index contributed by atoms with van der Waals surface area (Å²) < 4.78 is 0. The van der Waals surface area contributed by atoms with Crippen molar-refractivity contribution >= 4 is 0 Å². The van der Waals surface area contributed by atoms with Gasteiger partial charge in [-0.3, -0.25) is 0 Å². The maximum absolute atomic E-state index is 0. The van der Waals surface area contributed by atoms with Gasteiger partial charge in [0.2, 0.25) is 0 Å². The number of rotatable bonds is 0. The van der Waals surface area contributed by atoms with Gasteiger partial charge >= 0.3 is 83.5 Å². The summed E-state index contributed by atoms with van der Waals surface area (Å²) in [6.45, 7) is 0. The van der Waals surface area contributed by atoms with Gasteiger partial charge in [0.05, 0.1) is 0 Å². The van der Waals surface area contributed by atoms with E-state index in [2.05, 4.69) is 0 Å². The van der Waals surface area contributed by atoms with Crippen molar-refractivity contribution in [1.29, 1.82) is 0 Å². The largest absolute Gasteiger partial charge is 4.00 e. The van der Waals surface area contributed by atoms with Gasteiger partial charge in [-0.2, -0.15) is 0 Å². The van der Waals surface area contributed by atoms with Crippen molar-refractivity contribution in [3.8, 4) is 0 Å². The predicted molar refractivity (Wildman–Crippen MR) is 2.06 cm³/mol. The SMILES string of the molecule is [La+3].[O-2].[O-2].[O-2].[Ti+4].[Zr+4]. The van der Waals surface area contributed by atoms with Crippen LogP contribution in [0, 0.1) is 35.6 Å². The Bertz CT molecular complexity index is 10.8. The molecule has 0 aromatic carbocycles. The second-order valence-electron chi connectivity index (χ2n) is 0. The zero-order chi connectivity index (χ0) is 0. The molecule has 0 atom stereocenters. The third-order valence-corrected chi connectivity index (χ3v) is 0. The second kappa shape index (κ2) is 47.8. The Morgan fingerprint density at radius 3 is 0.667 bits per heavy atom. The molecule has 0 unspecified atom stereocenters. The average Bonchev–Trinajstić information content (AvgIpc) is 0. The van der Waals surface area contributed by atoms with Gasteiger partial charge in [0.1, 0.15) is 0 Å². The molecule has 3 nitrogen and oxygen atoms in total. The molecular formula is LaO3TiZr+5. The van der Waals surface area contributed by atoms with Gasteiger partial charge in [0.15, 0.2) is 0 Å². The van der Waals surface area contributed by atoms with Crippen molar-refractivity contribution < 1.29 is 99.9 Å². The van der Waals surface area contributed by atoms with E-state index < -0.39 is 0 Å². The Hall–Kier alpha value is 2.67. The fourth-order valence-corrected chi connectivity index (χ4v) is 0. The molecule has 0 spiro atoms. The molecule has 0 amide bonds. The van der Waals surface area contributed by atoms with Crippen LogP contribution in [0.25, 0.3) is 0 Å². The molecule has 0 saturated heterocycles. The van der Waals surface area contributed by atoms with E-state index in [0.717, 1.165) is 0 Å². The van der Waals surface area contributed by atoms with Gasteiger partial charge in [0, 0.05) is 0 Å². The molecule has 24 valence electrons. The topological polar surface area (TPSA) is 85.5 Å². The van der Waals surface area contributed by atoms with Gasteiger partial charge < -0.3 is 16.4 Å². The normalized spacial score (nSPS) is 0. The van der Waals surface area contributed by atoms with E-state index in [4.69, 9.17) is 0 Å². The van der Waals surface area contributed by atoms with E-state index in [-0.39, 0.29) is 99.9 Å². The molecule has 0 heterocycles. The summed E-state index contributed by atoms with van der Waals surface area (Å²) in [7, 11) is 0. The van der Waals surface area contributed by atoms with Crippen LogP contribution in [0.4, 0.5) is 0 Å². The summed E-state index contributed by atoms with van der Waals surface area (Å²) in [4.78, 5) is 0. The molecule has 0 bridgehead atoms. The van der Waals surface area contributed by atoms with E-state index in [9.17, 15) is 0 Å². The molecule has 0 aromatic heterocycles. The summed E-state index contributed by atoms with van der Waals surface area (Å²) in [5.74, 6) is 0. The first kappa shape index (κ1) is 71.5. The van der Waals surface area contributed by atoms with Crippen LogP contribution in [-0.4, -0.2) is 0 Å². The smallest absolute Gasteiger partial charge is 2.00 e. The molecule has 0 aliphatic carbocycles. The fourth-order valence-electron chi connectivity index (χ4n) is 0. The van der Waals surface area contributed by atoms with Crippen LogP contribution in [0.3, 0.4) is 0 Å². The average molecular weight is 326 g/mol. The molecule has 0 N–H and O–H groups in total. The quantitative estimate of drug-likeness (QED) is 0.545. The summed E-state index contributed by atoms with van der Waals surface area (Å²) in [6.07, 6.45) is 0. The first-order valence-electron chi connectivity index (χ1n) is 0. The maximum atomic E-state index is 0. The Morgan fingerprint density at radius 1 is 0.667 bits per heavy atom. The minimum atomic E-state index is 0. The fraction of sp³-hybridized carbons (Fsp3) is 0.